The molecule has 21 heavy (non-hydrogen) atoms. The molecule has 0 spiro atoms. The summed E-state index contributed by atoms with van der Waals surface area (Å²) in [5.74, 6) is -0.654. The van der Waals surface area contributed by atoms with Crippen LogP contribution in [0.2, 0.25) is 0 Å². The Morgan fingerprint density at radius 2 is 1.67 bits per heavy atom. The Hall–Kier alpha value is -1.56. The number of carbonyl (C=O) groups is 1. The number of carbonyl (C=O) groups excluding carboxylic acids is 1. The second-order valence-electron chi connectivity index (χ2n) is 5.96. The van der Waals surface area contributed by atoms with Crippen LogP contribution in [0.25, 0.3) is 0 Å². The van der Waals surface area contributed by atoms with E-state index >= 15 is 0 Å². The number of amides is 1. The minimum atomic E-state index is -4.43. The minimum Gasteiger partial charge on any atom is -0.329 e. The summed E-state index contributed by atoms with van der Waals surface area (Å²) in [5.41, 5.74) is 6.46. The van der Waals surface area contributed by atoms with Gasteiger partial charge in [0.1, 0.15) is 6.54 Å². The molecule has 2 N–H and O–H groups in total. The van der Waals surface area contributed by atoms with Crippen LogP contribution in [-0.2, 0) is 5.41 Å². The molecule has 0 aliphatic carbocycles. The predicted molar refractivity (Wildman–Crippen MR) is 76.2 cm³/mol. The lowest BCUT2D eigenvalue weighted by molar-refractivity contribution is -0.140. The number of nitrogens with zero attached hydrogens (tertiary/aromatic N) is 1. The van der Waals surface area contributed by atoms with Gasteiger partial charge in [0.05, 0.1) is 0 Å². The van der Waals surface area contributed by atoms with Gasteiger partial charge in [-0.2, -0.15) is 13.2 Å². The smallest absolute Gasteiger partial charge is 0.329 e. The van der Waals surface area contributed by atoms with Crippen molar-refractivity contribution in [3.05, 3.63) is 35.4 Å². The van der Waals surface area contributed by atoms with Crippen molar-refractivity contribution < 1.29 is 18.0 Å². The Kier molecular flexibility index (Phi) is 5.39. The monoisotopic (exact) mass is 302 g/mol. The summed E-state index contributed by atoms with van der Waals surface area (Å²) >= 11 is 0. The molecule has 1 aromatic rings. The Balaban J connectivity index is 2.94. The van der Waals surface area contributed by atoms with Crippen LogP contribution in [0.4, 0.5) is 13.2 Å². The van der Waals surface area contributed by atoms with Crippen LogP contribution in [0.15, 0.2) is 24.3 Å². The van der Waals surface area contributed by atoms with Crippen LogP contribution in [0.3, 0.4) is 0 Å². The topological polar surface area (TPSA) is 46.3 Å². The van der Waals surface area contributed by atoms with Gasteiger partial charge in [-0.25, -0.2) is 0 Å². The van der Waals surface area contributed by atoms with Crippen LogP contribution in [-0.4, -0.2) is 36.6 Å². The van der Waals surface area contributed by atoms with Gasteiger partial charge in [-0.05, 0) is 23.1 Å². The molecule has 1 rings (SSSR count). The van der Waals surface area contributed by atoms with E-state index in [1.165, 1.54) is 0 Å². The number of hydrogen-bond donors (Lipinski definition) is 1. The SMILES string of the molecule is CC(C)(C)c1ccc(C(=O)N(CCN)CC(F)(F)F)cc1. The lowest BCUT2D eigenvalue weighted by Crippen LogP contribution is -2.41. The van der Waals surface area contributed by atoms with Crippen LogP contribution in [0.5, 0.6) is 0 Å². The molecule has 6 heteroatoms. The molecule has 0 aromatic heterocycles. The highest BCUT2D eigenvalue weighted by atomic mass is 19.4. The first-order valence-corrected chi connectivity index (χ1v) is 6.71. The highest BCUT2D eigenvalue weighted by molar-refractivity contribution is 5.94. The molecule has 0 atom stereocenters. The highest BCUT2D eigenvalue weighted by Crippen LogP contribution is 2.23. The zero-order valence-corrected chi connectivity index (χ0v) is 12.5. The molecular weight excluding hydrogens is 281 g/mol. The number of hydrogen-bond acceptors (Lipinski definition) is 2. The molecule has 0 aliphatic heterocycles. The van der Waals surface area contributed by atoms with Gasteiger partial charge in [-0.1, -0.05) is 32.9 Å². The van der Waals surface area contributed by atoms with Crippen molar-refractivity contribution in [2.75, 3.05) is 19.6 Å². The van der Waals surface area contributed by atoms with Crippen molar-refractivity contribution in [1.82, 2.24) is 4.90 Å². The van der Waals surface area contributed by atoms with Gasteiger partial charge in [0, 0.05) is 18.7 Å². The quantitative estimate of drug-likeness (QED) is 0.929. The fourth-order valence-corrected chi connectivity index (χ4v) is 1.92. The van der Waals surface area contributed by atoms with E-state index < -0.39 is 18.6 Å². The fraction of sp³-hybridized carbons (Fsp3) is 0.533. The number of nitrogens with two attached hydrogens (primary N) is 1. The second kappa shape index (κ2) is 6.47. The highest BCUT2D eigenvalue weighted by Gasteiger charge is 2.33. The average molecular weight is 302 g/mol. The van der Waals surface area contributed by atoms with Gasteiger partial charge in [0.2, 0.25) is 0 Å². The van der Waals surface area contributed by atoms with Gasteiger partial charge < -0.3 is 10.6 Å². The number of alkyl halides is 3. The molecule has 0 unspecified atom stereocenters. The van der Waals surface area contributed by atoms with E-state index in [2.05, 4.69) is 0 Å². The first kappa shape index (κ1) is 17.5. The van der Waals surface area contributed by atoms with Crippen molar-refractivity contribution in [2.24, 2.45) is 5.73 Å². The van der Waals surface area contributed by atoms with Gasteiger partial charge in [-0.3, -0.25) is 4.79 Å². The lowest BCUT2D eigenvalue weighted by Gasteiger charge is -2.24. The van der Waals surface area contributed by atoms with Gasteiger partial charge in [-0.15, -0.1) is 0 Å². The van der Waals surface area contributed by atoms with Crippen molar-refractivity contribution in [2.45, 2.75) is 32.4 Å². The fourth-order valence-electron chi connectivity index (χ4n) is 1.92. The summed E-state index contributed by atoms with van der Waals surface area (Å²) in [6.45, 7) is 4.64. The van der Waals surface area contributed by atoms with E-state index in [0.717, 1.165) is 10.5 Å². The van der Waals surface area contributed by atoms with Crippen LogP contribution < -0.4 is 5.73 Å². The van der Waals surface area contributed by atoms with E-state index in [-0.39, 0.29) is 24.1 Å². The Morgan fingerprint density at radius 1 is 1.14 bits per heavy atom. The summed E-state index contributed by atoms with van der Waals surface area (Å²) in [4.78, 5) is 12.9. The molecule has 1 aromatic carbocycles. The maximum Gasteiger partial charge on any atom is 0.406 e. The number of halogens is 3. The van der Waals surface area contributed by atoms with Crippen molar-refractivity contribution in [3.63, 3.8) is 0 Å². The zero-order chi connectivity index (χ0) is 16.3. The molecular formula is C15H21F3N2O. The molecule has 0 saturated carbocycles. The summed E-state index contributed by atoms with van der Waals surface area (Å²) in [7, 11) is 0. The Bertz CT molecular complexity index is 475. The third-order valence-corrected chi connectivity index (χ3v) is 3.05. The van der Waals surface area contributed by atoms with E-state index in [1.54, 1.807) is 24.3 Å². The van der Waals surface area contributed by atoms with Crippen molar-refractivity contribution in [3.8, 4) is 0 Å². The molecule has 0 radical (unpaired) electrons. The molecule has 118 valence electrons. The average Bonchev–Trinajstić information content (AvgIpc) is 2.35. The molecule has 0 aliphatic rings. The third kappa shape index (κ3) is 5.38. The van der Waals surface area contributed by atoms with Gasteiger partial charge >= 0.3 is 6.18 Å². The van der Waals surface area contributed by atoms with Crippen LogP contribution in [0, 0.1) is 0 Å². The van der Waals surface area contributed by atoms with Gasteiger partial charge in [0.15, 0.2) is 0 Å². The first-order chi connectivity index (χ1) is 9.54. The summed E-state index contributed by atoms with van der Waals surface area (Å²) < 4.78 is 37.5. The normalized spacial score (nSPS) is 12.3. The van der Waals surface area contributed by atoms with E-state index in [9.17, 15) is 18.0 Å². The van der Waals surface area contributed by atoms with E-state index in [4.69, 9.17) is 5.73 Å². The van der Waals surface area contributed by atoms with E-state index in [1.807, 2.05) is 20.8 Å². The van der Waals surface area contributed by atoms with Crippen molar-refractivity contribution >= 4 is 5.91 Å². The molecule has 0 saturated heterocycles. The van der Waals surface area contributed by atoms with Crippen molar-refractivity contribution in [1.29, 1.82) is 0 Å². The zero-order valence-electron chi connectivity index (χ0n) is 12.5. The maximum atomic E-state index is 12.5. The Morgan fingerprint density at radius 3 is 2.05 bits per heavy atom. The van der Waals surface area contributed by atoms with Crippen LogP contribution in [0.1, 0.15) is 36.7 Å². The summed E-state index contributed by atoms with van der Waals surface area (Å²) in [6, 6.07) is 6.65. The summed E-state index contributed by atoms with van der Waals surface area (Å²) in [5, 5.41) is 0. The standard InChI is InChI=1S/C15H21F3N2O/c1-14(2,3)12-6-4-11(5-7-12)13(21)20(9-8-19)10-15(16,17)18/h4-7H,8-10,19H2,1-3H3. The molecule has 0 heterocycles. The maximum absolute atomic E-state index is 12.5. The van der Waals surface area contributed by atoms with Crippen LogP contribution >= 0.6 is 0 Å². The molecule has 0 bridgehead atoms. The molecule has 1 amide bonds. The predicted octanol–water partition coefficient (Wildman–Crippen LogP) is 2.95. The first-order valence-electron chi connectivity index (χ1n) is 6.71. The summed E-state index contributed by atoms with van der Waals surface area (Å²) in [6.07, 6.45) is -4.43. The second-order valence-corrected chi connectivity index (χ2v) is 5.96. The largest absolute Gasteiger partial charge is 0.406 e. The third-order valence-electron chi connectivity index (χ3n) is 3.05. The Labute approximate surface area is 122 Å². The number of rotatable bonds is 4. The molecule has 3 nitrogen and oxygen atoms in total. The number of benzene rings is 1. The molecule has 0 fully saturated rings. The lowest BCUT2D eigenvalue weighted by atomic mass is 9.86. The van der Waals surface area contributed by atoms with Gasteiger partial charge in [0.25, 0.3) is 5.91 Å². The van der Waals surface area contributed by atoms with E-state index in [0.29, 0.717) is 0 Å². The minimum absolute atomic E-state index is 0.0120.